The first kappa shape index (κ1) is 29.7. The van der Waals surface area contributed by atoms with Crippen molar-refractivity contribution in [1.29, 1.82) is 0 Å². The highest BCUT2D eigenvalue weighted by Gasteiger charge is 2.73. The van der Waals surface area contributed by atoms with Crippen molar-refractivity contribution in [3.8, 4) is 0 Å². The van der Waals surface area contributed by atoms with Crippen molar-refractivity contribution in [2.45, 2.75) is 75.7 Å². The molecule has 46 heavy (non-hydrogen) atoms. The third-order valence-corrected chi connectivity index (χ3v) is 11.3. The van der Waals surface area contributed by atoms with E-state index in [0.717, 1.165) is 35.9 Å². The second-order valence-electron chi connectivity index (χ2n) is 14.2. The van der Waals surface area contributed by atoms with Crippen LogP contribution in [0.2, 0.25) is 0 Å². The number of fused-ring (bicyclic) bond motifs is 5. The van der Waals surface area contributed by atoms with Crippen LogP contribution in [0.25, 0.3) is 16.5 Å². The molecular formula is C36H43N5O5. The number of aromatic amines is 1. The van der Waals surface area contributed by atoms with E-state index in [-0.39, 0.29) is 23.8 Å². The molecule has 3 amide bonds. The zero-order chi connectivity index (χ0) is 32.0. The van der Waals surface area contributed by atoms with Crippen LogP contribution in [0.1, 0.15) is 50.7 Å². The van der Waals surface area contributed by atoms with Crippen LogP contribution in [0.5, 0.6) is 0 Å². The molecule has 0 saturated carbocycles. The van der Waals surface area contributed by atoms with Crippen LogP contribution in [0.4, 0.5) is 0 Å². The zero-order valence-corrected chi connectivity index (χ0v) is 27.0. The molecule has 3 saturated heterocycles. The van der Waals surface area contributed by atoms with Crippen molar-refractivity contribution < 1.29 is 23.9 Å². The Bertz CT molecular complexity index is 1710. The smallest absolute Gasteiger partial charge is 0.281 e. The number of allylic oxidation sites excluding steroid dienone is 4. The van der Waals surface area contributed by atoms with Gasteiger partial charge in [0.15, 0.2) is 0 Å². The SMILES string of the molecule is COC12OC(NC(=O)C3C=C4c5cccc6[nH]cc(c56)CC4N(C)C3)(C(C)C)C(=O)N1C(CC1C=CC=CC1)C(=O)N1CCCC12. The summed E-state index contributed by atoms with van der Waals surface area (Å²) in [5.74, 6) is -3.08. The third-order valence-electron chi connectivity index (χ3n) is 11.3. The molecule has 7 unspecified atom stereocenters. The average Bonchev–Trinajstić information content (AvgIpc) is 3.78. The Morgan fingerprint density at radius 2 is 2.09 bits per heavy atom. The molecule has 1 aromatic carbocycles. The lowest BCUT2D eigenvalue weighted by molar-refractivity contribution is -0.333. The van der Waals surface area contributed by atoms with E-state index in [2.05, 4.69) is 58.8 Å². The van der Waals surface area contributed by atoms with Gasteiger partial charge >= 0.3 is 0 Å². The number of carbonyl (C=O) groups excluding carboxylic acids is 3. The number of aromatic nitrogens is 1. The van der Waals surface area contributed by atoms with E-state index in [0.29, 0.717) is 25.9 Å². The molecule has 8 rings (SSSR count). The normalized spacial score (nSPS) is 35.1. The van der Waals surface area contributed by atoms with Gasteiger partial charge in [0.2, 0.25) is 17.5 Å². The molecule has 3 fully saturated rings. The highest BCUT2D eigenvalue weighted by atomic mass is 16.8. The Balaban J connectivity index is 1.15. The number of ether oxygens (including phenoxy) is 2. The van der Waals surface area contributed by atoms with Crippen molar-refractivity contribution in [2.24, 2.45) is 17.8 Å². The number of likely N-dealkylation sites (N-methyl/N-ethyl adjacent to an activating group) is 1. The maximum Gasteiger partial charge on any atom is 0.281 e. The highest BCUT2D eigenvalue weighted by Crippen LogP contribution is 2.50. The largest absolute Gasteiger partial charge is 0.361 e. The predicted octanol–water partition coefficient (Wildman–Crippen LogP) is 3.56. The first-order chi connectivity index (χ1) is 22.2. The minimum atomic E-state index is -1.69. The summed E-state index contributed by atoms with van der Waals surface area (Å²) in [6.45, 7) is 4.87. The molecule has 7 atom stereocenters. The number of amides is 3. The van der Waals surface area contributed by atoms with Gasteiger partial charge in [0.1, 0.15) is 12.1 Å². The molecule has 10 heteroatoms. The fraction of sp³-hybridized carbons (Fsp3) is 0.528. The summed E-state index contributed by atoms with van der Waals surface area (Å²) in [5, 5.41) is 4.35. The van der Waals surface area contributed by atoms with Gasteiger partial charge in [0.25, 0.3) is 11.8 Å². The second-order valence-corrected chi connectivity index (χ2v) is 14.2. The monoisotopic (exact) mass is 625 g/mol. The van der Waals surface area contributed by atoms with Crippen LogP contribution >= 0.6 is 0 Å². The van der Waals surface area contributed by atoms with E-state index < -0.39 is 41.5 Å². The fourth-order valence-corrected chi connectivity index (χ4v) is 9.00. The van der Waals surface area contributed by atoms with Crippen LogP contribution in [0, 0.1) is 17.8 Å². The van der Waals surface area contributed by atoms with Gasteiger partial charge < -0.3 is 19.9 Å². The molecule has 2 aromatic rings. The molecule has 10 nitrogen and oxygen atoms in total. The summed E-state index contributed by atoms with van der Waals surface area (Å²) in [5.41, 5.74) is 2.97. The van der Waals surface area contributed by atoms with Crippen molar-refractivity contribution in [3.05, 3.63) is 65.9 Å². The Morgan fingerprint density at radius 1 is 1.24 bits per heavy atom. The number of piperazine rings is 1. The molecule has 0 spiro atoms. The second kappa shape index (κ2) is 10.7. The number of nitrogens with one attached hydrogen (secondary N) is 2. The summed E-state index contributed by atoms with van der Waals surface area (Å²) in [6, 6.07) is 5.21. The van der Waals surface area contributed by atoms with Gasteiger partial charge in [-0.25, -0.2) is 0 Å². The van der Waals surface area contributed by atoms with E-state index in [9.17, 15) is 14.4 Å². The van der Waals surface area contributed by atoms with Gasteiger partial charge in [-0.05, 0) is 67.8 Å². The maximum atomic E-state index is 14.9. The first-order valence-corrected chi connectivity index (χ1v) is 16.7. The molecular weight excluding hydrogens is 582 g/mol. The lowest BCUT2D eigenvalue weighted by Gasteiger charge is -2.51. The predicted molar refractivity (Wildman–Crippen MR) is 173 cm³/mol. The molecule has 5 heterocycles. The molecule has 0 bridgehead atoms. The van der Waals surface area contributed by atoms with E-state index in [4.69, 9.17) is 9.47 Å². The number of hydrogen-bond acceptors (Lipinski definition) is 6. The van der Waals surface area contributed by atoms with Crippen molar-refractivity contribution in [3.63, 3.8) is 0 Å². The van der Waals surface area contributed by atoms with Crippen LogP contribution in [-0.2, 0) is 30.3 Å². The Hall–Kier alpha value is -3.73. The summed E-state index contributed by atoms with van der Waals surface area (Å²) < 4.78 is 13.1. The lowest BCUT2D eigenvalue weighted by atomic mass is 9.79. The van der Waals surface area contributed by atoms with Gasteiger partial charge in [-0.2, -0.15) is 0 Å². The van der Waals surface area contributed by atoms with Gasteiger partial charge in [-0.3, -0.25) is 28.9 Å². The molecule has 2 aliphatic carbocycles. The number of hydrogen-bond donors (Lipinski definition) is 2. The van der Waals surface area contributed by atoms with E-state index in [1.54, 1.807) is 12.0 Å². The van der Waals surface area contributed by atoms with Crippen LogP contribution in [0.15, 0.2) is 54.8 Å². The Kier molecular flexibility index (Phi) is 6.87. The first-order valence-electron chi connectivity index (χ1n) is 16.7. The molecule has 2 N–H and O–H groups in total. The van der Waals surface area contributed by atoms with Crippen LogP contribution in [0.3, 0.4) is 0 Å². The fourth-order valence-electron chi connectivity index (χ4n) is 9.00. The van der Waals surface area contributed by atoms with Gasteiger partial charge in [-0.15, -0.1) is 0 Å². The lowest BCUT2D eigenvalue weighted by Crippen LogP contribution is -2.72. The standard InChI is InChI=1S/C36H43N5O5/c1-21(2)35(38-32(42)24-17-26-25-12-8-13-27-31(25)23(19-37-27)18-28(26)39(3)20-24)34(44)41-29(16-22-10-6-5-7-11-22)33(43)40-15-9-14-30(40)36(41,45-4)46-35/h5-8,10,12-13,17,19,21-22,24,28-30,37H,9,11,14-16,18,20H2,1-4H3,(H,38,42). The zero-order valence-electron chi connectivity index (χ0n) is 27.0. The van der Waals surface area contributed by atoms with Gasteiger partial charge in [-0.1, -0.05) is 56.4 Å². The van der Waals surface area contributed by atoms with Crippen molar-refractivity contribution >= 4 is 34.2 Å². The summed E-state index contributed by atoms with van der Waals surface area (Å²) in [4.78, 5) is 52.4. The number of methoxy groups -OCH3 is 1. The number of benzene rings is 1. The number of carbonyl (C=O) groups is 3. The number of H-pyrrole nitrogens is 1. The molecule has 242 valence electrons. The average molecular weight is 626 g/mol. The van der Waals surface area contributed by atoms with E-state index in [1.807, 2.05) is 37.0 Å². The summed E-state index contributed by atoms with van der Waals surface area (Å²) in [6.07, 6.45) is 15.9. The molecule has 0 radical (unpaired) electrons. The minimum absolute atomic E-state index is 0.0683. The minimum Gasteiger partial charge on any atom is -0.361 e. The van der Waals surface area contributed by atoms with Crippen LogP contribution < -0.4 is 5.32 Å². The Morgan fingerprint density at radius 3 is 2.85 bits per heavy atom. The molecule has 4 aliphatic heterocycles. The number of rotatable bonds is 6. The quantitative estimate of drug-likeness (QED) is 0.509. The highest BCUT2D eigenvalue weighted by molar-refractivity contribution is 6.01. The summed E-state index contributed by atoms with van der Waals surface area (Å²) >= 11 is 0. The molecule has 6 aliphatic rings. The van der Waals surface area contributed by atoms with Gasteiger partial charge in [0, 0.05) is 49.3 Å². The third kappa shape index (κ3) is 4.09. The maximum absolute atomic E-state index is 14.9. The van der Waals surface area contributed by atoms with Crippen molar-refractivity contribution in [1.82, 2.24) is 25.0 Å². The molecule has 1 aromatic heterocycles. The van der Waals surface area contributed by atoms with E-state index in [1.165, 1.54) is 10.9 Å². The topological polar surface area (TPSA) is 107 Å². The van der Waals surface area contributed by atoms with E-state index >= 15 is 0 Å². The van der Waals surface area contributed by atoms with Crippen molar-refractivity contribution in [2.75, 3.05) is 27.2 Å². The van der Waals surface area contributed by atoms with Gasteiger partial charge in [0.05, 0.1) is 5.92 Å². The number of nitrogens with zero attached hydrogens (tertiary/aromatic N) is 3. The summed E-state index contributed by atoms with van der Waals surface area (Å²) in [7, 11) is 3.61. The van der Waals surface area contributed by atoms with Crippen LogP contribution in [-0.4, -0.2) is 94.4 Å². The Labute approximate surface area is 269 Å².